The van der Waals surface area contributed by atoms with Gasteiger partial charge in [-0.1, -0.05) is 66.7 Å². The van der Waals surface area contributed by atoms with Gasteiger partial charge in [0.05, 0.1) is 29.7 Å². The van der Waals surface area contributed by atoms with E-state index in [0.717, 1.165) is 5.70 Å². The minimum Gasteiger partial charge on any atom is -0.458 e. The van der Waals surface area contributed by atoms with Crippen molar-refractivity contribution in [1.29, 1.82) is 0 Å². The molecular weight excluding hydrogens is 511 g/mol. The van der Waals surface area contributed by atoms with Crippen LogP contribution in [0.2, 0.25) is 36.3 Å². The van der Waals surface area contributed by atoms with E-state index in [4.69, 9.17) is 13.6 Å². The molecule has 0 N–H and O–H groups in total. The van der Waals surface area contributed by atoms with Crippen LogP contribution >= 0.6 is 0 Å². The van der Waals surface area contributed by atoms with Gasteiger partial charge in [-0.3, -0.25) is 4.79 Å². The van der Waals surface area contributed by atoms with Gasteiger partial charge in [0.25, 0.3) is 0 Å². The second kappa shape index (κ2) is 10.7. The topological polar surface area (TPSA) is 65.1 Å². The average molecular weight is 560 g/mol. The predicted molar refractivity (Wildman–Crippen MR) is 158 cm³/mol. The monoisotopic (exact) mass is 559 g/mol. The number of β-lactam (4-membered cyclic amide) rings is 1. The zero-order valence-corrected chi connectivity index (χ0v) is 27.5. The maximum Gasteiger partial charge on any atom is 0.338 e. The summed E-state index contributed by atoms with van der Waals surface area (Å²) in [5.74, 6) is -0.401. The largest absolute Gasteiger partial charge is 0.458 e. The summed E-state index contributed by atoms with van der Waals surface area (Å²) in [7, 11) is -4.18. The predicted octanol–water partition coefficient (Wildman–Crippen LogP) is 7.00. The summed E-state index contributed by atoms with van der Waals surface area (Å²) >= 11 is 0. The third kappa shape index (κ3) is 5.88. The Morgan fingerprint density at radius 3 is 2.08 bits per heavy atom. The number of carbonyl (C=O) groups excluding carboxylic acids is 2. The molecule has 0 saturated carbocycles. The lowest BCUT2D eigenvalue weighted by molar-refractivity contribution is -0.157. The molecular formula is C30H49NO5Si2. The zero-order valence-electron chi connectivity index (χ0n) is 25.5. The number of esters is 1. The van der Waals surface area contributed by atoms with Gasteiger partial charge in [-0.25, -0.2) is 4.79 Å². The lowest BCUT2D eigenvalue weighted by Crippen LogP contribution is -2.63. The van der Waals surface area contributed by atoms with Crippen LogP contribution in [-0.4, -0.2) is 58.3 Å². The Kier molecular flexibility index (Phi) is 8.65. The second-order valence-corrected chi connectivity index (χ2v) is 23.6. The first kappa shape index (κ1) is 30.8. The molecule has 2 saturated heterocycles. The van der Waals surface area contributed by atoms with Gasteiger partial charge in [0.2, 0.25) is 5.91 Å². The van der Waals surface area contributed by atoms with Crippen molar-refractivity contribution in [3.63, 3.8) is 0 Å². The average Bonchev–Trinajstić information content (AvgIpc) is 2.99. The fourth-order valence-electron chi connectivity index (χ4n) is 4.91. The Bertz CT molecular complexity index is 1050. The summed E-state index contributed by atoms with van der Waals surface area (Å²) < 4.78 is 19.2. The van der Waals surface area contributed by atoms with E-state index >= 15 is 0 Å². The van der Waals surface area contributed by atoms with Gasteiger partial charge in [-0.15, -0.1) is 0 Å². The summed E-state index contributed by atoms with van der Waals surface area (Å²) in [5, 5.41) is 0.0907. The highest BCUT2D eigenvalue weighted by Gasteiger charge is 2.62. The highest BCUT2D eigenvalue weighted by molar-refractivity contribution is 6.74. The van der Waals surface area contributed by atoms with Gasteiger partial charge < -0.3 is 18.5 Å². The van der Waals surface area contributed by atoms with Gasteiger partial charge in [-0.2, -0.15) is 0 Å². The summed E-state index contributed by atoms with van der Waals surface area (Å²) in [6.45, 7) is 26.6. The molecule has 2 fully saturated rings. The molecule has 1 aromatic rings. The van der Waals surface area contributed by atoms with Gasteiger partial charge in [-0.05, 0) is 61.4 Å². The molecule has 1 aromatic carbocycles. The lowest BCUT2D eigenvalue weighted by atomic mass is 9.79. The number of rotatable bonds is 8. The van der Waals surface area contributed by atoms with Crippen LogP contribution in [0.3, 0.4) is 0 Å². The summed E-state index contributed by atoms with van der Waals surface area (Å²) in [6, 6.07) is 8.97. The number of nitrogens with zero attached hydrogens (tertiary/aromatic N) is 1. The van der Waals surface area contributed by atoms with E-state index in [1.807, 2.05) is 29.2 Å². The molecule has 0 unspecified atom stereocenters. The molecule has 5 atom stereocenters. The number of ether oxygens (including phenoxy) is 1. The van der Waals surface area contributed by atoms with Crippen LogP contribution in [0.5, 0.6) is 0 Å². The fraction of sp³-hybridized carbons (Fsp3) is 0.667. The Balaban J connectivity index is 1.87. The normalized spacial score (nSPS) is 26.3. The smallest absolute Gasteiger partial charge is 0.338 e. The Morgan fingerprint density at radius 1 is 1.00 bits per heavy atom. The lowest BCUT2D eigenvalue weighted by Gasteiger charge is -2.49. The van der Waals surface area contributed by atoms with Crippen LogP contribution < -0.4 is 0 Å². The Labute approximate surface area is 232 Å². The van der Waals surface area contributed by atoms with Gasteiger partial charge in [0.15, 0.2) is 16.6 Å². The summed E-state index contributed by atoms with van der Waals surface area (Å²) in [5.41, 5.74) is 1.34. The van der Waals surface area contributed by atoms with Crippen LogP contribution in [0.1, 0.15) is 65.7 Å². The van der Waals surface area contributed by atoms with Crippen molar-refractivity contribution < 1.29 is 23.2 Å². The van der Waals surface area contributed by atoms with Crippen molar-refractivity contribution in [3.8, 4) is 0 Å². The molecule has 0 aliphatic carbocycles. The molecule has 2 aliphatic heterocycles. The van der Waals surface area contributed by atoms with Crippen molar-refractivity contribution in [2.45, 2.75) is 110 Å². The third-order valence-electron chi connectivity index (χ3n) is 9.31. The molecule has 0 spiro atoms. The Morgan fingerprint density at radius 2 is 1.55 bits per heavy atom. The van der Waals surface area contributed by atoms with Gasteiger partial charge in [0, 0.05) is 11.6 Å². The zero-order chi connectivity index (χ0) is 28.8. The maximum absolute atomic E-state index is 13.7. The van der Waals surface area contributed by atoms with E-state index in [1.54, 1.807) is 12.1 Å². The van der Waals surface area contributed by atoms with Crippen molar-refractivity contribution >= 4 is 28.5 Å². The second-order valence-electron chi connectivity index (χ2n) is 14.1. The molecule has 212 valence electrons. The van der Waals surface area contributed by atoms with Crippen LogP contribution in [0.4, 0.5) is 0 Å². The van der Waals surface area contributed by atoms with E-state index in [-0.39, 0.29) is 58.6 Å². The molecule has 2 aliphatic rings. The SMILES string of the molecule is C[C@@H]1[C@@H]2[C@@H]([C@@H](C)O[Si](C)(C)C(C)(C)C)C(=O)N2/C(=C/COC(=O)c2ccccc2)[C@H]1O[Si](C)(C)C(C)(C)C. The minimum atomic E-state index is -2.14. The Hall–Kier alpha value is -1.75. The molecule has 0 aromatic heterocycles. The summed E-state index contributed by atoms with van der Waals surface area (Å²) in [6.07, 6.45) is 1.48. The van der Waals surface area contributed by atoms with Crippen LogP contribution in [-0.2, 0) is 18.4 Å². The van der Waals surface area contributed by atoms with Crippen molar-refractivity contribution in [1.82, 2.24) is 4.90 Å². The third-order valence-corrected chi connectivity index (χ3v) is 18.3. The molecule has 0 radical (unpaired) electrons. The highest BCUT2D eigenvalue weighted by Crippen LogP contribution is 2.51. The highest BCUT2D eigenvalue weighted by atomic mass is 28.4. The molecule has 6 nitrogen and oxygen atoms in total. The van der Waals surface area contributed by atoms with E-state index in [1.165, 1.54) is 0 Å². The molecule has 1 amide bonds. The fourth-order valence-corrected chi connectivity index (χ4v) is 7.66. The van der Waals surface area contributed by atoms with Crippen molar-refractivity contribution in [3.05, 3.63) is 47.7 Å². The van der Waals surface area contributed by atoms with Crippen molar-refractivity contribution in [2.24, 2.45) is 11.8 Å². The van der Waals surface area contributed by atoms with E-state index in [9.17, 15) is 9.59 Å². The number of benzene rings is 1. The van der Waals surface area contributed by atoms with Gasteiger partial charge in [0.1, 0.15) is 6.61 Å². The molecule has 38 heavy (non-hydrogen) atoms. The number of hydrogen-bond donors (Lipinski definition) is 0. The first-order valence-corrected chi connectivity index (χ1v) is 19.7. The molecule has 8 heteroatoms. The van der Waals surface area contributed by atoms with Crippen LogP contribution in [0, 0.1) is 11.8 Å². The molecule has 0 bridgehead atoms. The molecule has 3 rings (SSSR count). The first-order chi connectivity index (χ1) is 17.3. The first-order valence-electron chi connectivity index (χ1n) is 13.9. The van der Waals surface area contributed by atoms with E-state index in [2.05, 4.69) is 81.6 Å². The maximum atomic E-state index is 13.7. The number of hydrogen-bond acceptors (Lipinski definition) is 5. The summed E-state index contributed by atoms with van der Waals surface area (Å²) in [4.78, 5) is 28.1. The van der Waals surface area contributed by atoms with Crippen molar-refractivity contribution in [2.75, 3.05) is 6.61 Å². The standard InChI is InChI=1S/C30H49NO5Si2/c1-20-25-24(21(2)35-37(9,10)29(3,4)5)27(32)31(25)23(26(20)36-38(11,12)30(6,7)8)18-19-34-28(33)22-16-14-13-15-17-22/h13-18,20-21,24-26H,19H2,1-12H3/b23-18+/t20-,21-,24-,25-,26+/m1/s1. The van der Waals surface area contributed by atoms with Gasteiger partial charge >= 0.3 is 5.97 Å². The number of fused-ring (bicyclic) bond motifs is 1. The minimum absolute atomic E-state index is 0.00751. The van der Waals surface area contributed by atoms with E-state index < -0.39 is 16.6 Å². The van der Waals surface area contributed by atoms with Crippen LogP contribution in [0.15, 0.2) is 42.1 Å². The molecule has 2 heterocycles. The van der Waals surface area contributed by atoms with E-state index in [0.29, 0.717) is 5.56 Å². The van der Waals surface area contributed by atoms with Crippen LogP contribution in [0.25, 0.3) is 0 Å². The number of amides is 1. The quantitative estimate of drug-likeness (QED) is 0.195. The number of carbonyl (C=O) groups is 2.